The minimum atomic E-state index is -0.329. The van der Waals surface area contributed by atoms with Gasteiger partial charge in [-0.1, -0.05) is 0 Å². The fourth-order valence-electron chi connectivity index (χ4n) is 2.69. The second-order valence-corrected chi connectivity index (χ2v) is 5.67. The highest BCUT2D eigenvalue weighted by atomic mass is 19.1. The van der Waals surface area contributed by atoms with Gasteiger partial charge in [-0.2, -0.15) is 0 Å². The molecule has 0 radical (unpaired) electrons. The maximum absolute atomic E-state index is 13.1. The van der Waals surface area contributed by atoms with E-state index < -0.39 is 0 Å². The quantitative estimate of drug-likeness (QED) is 0.729. The number of fused-ring (bicyclic) bond motifs is 1. The van der Waals surface area contributed by atoms with E-state index in [4.69, 9.17) is 0 Å². The van der Waals surface area contributed by atoms with E-state index in [-0.39, 0.29) is 17.4 Å². The molecule has 4 rings (SSSR count). The summed E-state index contributed by atoms with van der Waals surface area (Å²) in [6, 6.07) is 7.95. The summed E-state index contributed by atoms with van der Waals surface area (Å²) in [5.74, 6) is -0.329. The van der Waals surface area contributed by atoms with Gasteiger partial charge in [0.15, 0.2) is 5.65 Å². The summed E-state index contributed by atoms with van der Waals surface area (Å²) in [6.07, 6.45) is 3.67. The van der Waals surface area contributed by atoms with Crippen LogP contribution in [0.3, 0.4) is 0 Å². The molecule has 0 spiro atoms. The number of hydrogen-bond acceptors (Lipinski definition) is 3. The molecule has 0 aliphatic heterocycles. The number of aryl methyl sites for hydroxylation is 1. The Balaban J connectivity index is 2.07. The van der Waals surface area contributed by atoms with Gasteiger partial charge in [-0.3, -0.25) is 9.36 Å². The first-order valence-electron chi connectivity index (χ1n) is 7.29. The Hall–Kier alpha value is -2.56. The van der Waals surface area contributed by atoms with E-state index in [2.05, 4.69) is 9.97 Å². The van der Waals surface area contributed by atoms with Gasteiger partial charge in [0.2, 0.25) is 0 Å². The van der Waals surface area contributed by atoms with Crippen LogP contribution in [0.25, 0.3) is 22.4 Å². The summed E-state index contributed by atoms with van der Waals surface area (Å²) in [5, 5.41) is 0. The van der Waals surface area contributed by atoms with Crippen molar-refractivity contribution in [1.82, 2.24) is 14.5 Å². The minimum Gasteiger partial charge on any atom is -0.286 e. The van der Waals surface area contributed by atoms with Crippen molar-refractivity contribution in [3.8, 4) is 11.3 Å². The fraction of sp³-hybridized carbons (Fsp3) is 0.235. The molecule has 1 aliphatic rings. The van der Waals surface area contributed by atoms with Crippen molar-refractivity contribution in [2.24, 2.45) is 0 Å². The largest absolute Gasteiger partial charge is 0.286 e. The van der Waals surface area contributed by atoms with Crippen LogP contribution in [0.15, 0.2) is 41.3 Å². The molecule has 2 aromatic heterocycles. The molecule has 1 saturated carbocycles. The second kappa shape index (κ2) is 4.73. The third-order valence-electron chi connectivity index (χ3n) is 4.01. The van der Waals surface area contributed by atoms with Crippen molar-refractivity contribution in [3.63, 3.8) is 0 Å². The lowest BCUT2D eigenvalue weighted by molar-refractivity contribution is 0.628. The lowest BCUT2D eigenvalue weighted by atomic mass is 10.1. The van der Waals surface area contributed by atoms with Crippen molar-refractivity contribution in [2.45, 2.75) is 25.8 Å². The van der Waals surface area contributed by atoms with E-state index in [9.17, 15) is 9.18 Å². The predicted octanol–water partition coefficient (Wildman–Crippen LogP) is 3.24. The third-order valence-corrected chi connectivity index (χ3v) is 4.01. The first-order valence-corrected chi connectivity index (χ1v) is 7.29. The molecule has 1 aromatic carbocycles. The molecule has 3 aromatic rings. The van der Waals surface area contributed by atoms with Crippen LogP contribution >= 0.6 is 0 Å². The maximum atomic E-state index is 13.1. The molecule has 22 heavy (non-hydrogen) atoms. The monoisotopic (exact) mass is 295 g/mol. The Morgan fingerprint density at radius 2 is 1.91 bits per heavy atom. The molecule has 2 heterocycles. The topological polar surface area (TPSA) is 47.8 Å². The number of hydrogen-bond donors (Lipinski definition) is 0. The van der Waals surface area contributed by atoms with Gasteiger partial charge in [0, 0.05) is 17.8 Å². The highest BCUT2D eigenvalue weighted by molar-refractivity contribution is 5.77. The molecule has 1 fully saturated rings. The SMILES string of the molecule is Cc1ccnc2c1nc(-c1ccc(F)cc1)c(=O)n2C1CC1. The molecule has 0 saturated heterocycles. The van der Waals surface area contributed by atoms with Gasteiger partial charge >= 0.3 is 0 Å². The Labute approximate surface area is 126 Å². The van der Waals surface area contributed by atoms with Crippen LogP contribution in [0.2, 0.25) is 0 Å². The number of nitrogens with zero attached hydrogens (tertiary/aromatic N) is 3. The van der Waals surface area contributed by atoms with E-state index in [1.54, 1.807) is 22.9 Å². The van der Waals surface area contributed by atoms with Crippen LogP contribution in [0.1, 0.15) is 24.4 Å². The van der Waals surface area contributed by atoms with Crippen LogP contribution < -0.4 is 5.56 Å². The van der Waals surface area contributed by atoms with Crippen molar-refractivity contribution >= 4 is 11.2 Å². The molecular formula is C17H14FN3O. The van der Waals surface area contributed by atoms with Crippen molar-refractivity contribution in [3.05, 3.63) is 58.3 Å². The maximum Gasteiger partial charge on any atom is 0.278 e. The molecule has 0 amide bonds. The van der Waals surface area contributed by atoms with Gasteiger partial charge < -0.3 is 0 Å². The normalized spacial score (nSPS) is 14.5. The molecule has 0 unspecified atom stereocenters. The van der Waals surface area contributed by atoms with E-state index in [1.807, 2.05) is 13.0 Å². The summed E-state index contributed by atoms with van der Waals surface area (Å²) < 4.78 is 14.9. The Bertz CT molecular complexity index is 927. The Kier molecular flexibility index (Phi) is 2.82. The van der Waals surface area contributed by atoms with Crippen LogP contribution in [-0.2, 0) is 0 Å². The van der Waals surface area contributed by atoms with Crippen molar-refractivity contribution in [2.75, 3.05) is 0 Å². The van der Waals surface area contributed by atoms with E-state index in [1.165, 1.54) is 12.1 Å². The highest BCUT2D eigenvalue weighted by Crippen LogP contribution is 2.36. The lowest BCUT2D eigenvalue weighted by Gasteiger charge is -2.12. The van der Waals surface area contributed by atoms with Crippen LogP contribution in [0, 0.1) is 12.7 Å². The smallest absolute Gasteiger partial charge is 0.278 e. The van der Waals surface area contributed by atoms with Gasteiger partial charge in [0.05, 0.1) is 0 Å². The summed E-state index contributed by atoms with van der Waals surface area (Å²) in [7, 11) is 0. The summed E-state index contributed by atoms with van der Waals surface area (Å²) in [5.41, 5.74) is 3.18. The van der Waals surface area contributed by atoms with E-state index in [0.29, 0.717) is 16.9 Å². The number of aromatic nitrogens is 3. The van der Waals surface area contributed by atoms with Crippen LogP contribution in [0.4, 0.5) is 4.39 Å². The molecule has 0 bridgehead atoms. The van der Waals surface area contributed by atoms with Crippen LogP contribution in [0.5, 0.6) is 0 Å². The summed E-state index contributed by atoms with van der Waals surface area (Å²) in [6.45, 7) is 1.95. The highest BCUT2D eigenvalue weighted by Gasteiger charge is 2.28. The van der Waals surface area contributed by atoms with E-state index >= 15 is 0 Å². The summed E-state index contributed by atoms with van der Waals surface area (Å²) >= 11 is 0. The zero-order valence-electron chi connectivity index (χ0n) is 12.1. The van der Waals surface area contributed by atoms with Gasteiger partial charge in [0.1, 0.15) is 17.0 Å². The van der Waals surface area contributed by atoms with Crippen LogP contribution in [-0.4, -0.2) is 14.5 Å². The predicted molar refractivity (Wildman–Crippen MR) is 82.2 cm³/mol. The zero-order valence-corrected chi connectivity index (χ0v) is 12.1. The van der Waals surface area contributed by atoms with Gasteiger partial charge in [-0.15, -0.1) is 0 Å². The molecular weight excluding hydrogens is 281 g/mol. The molecule has 4 nitrogen and oxygen atoms in total. The zero-order chi connectivity index (χ0) is 15.3. The van der Waals surface area contributed by atoms with Gasteiger partial charge in [-0.05, 0) is 55.7 Å². The Morgan fingerprint density at radius 1 is 1.18 bits per heavy atom. The second-order valence-electron chi connectivity index (χ2n) is 5.67. The number of pyridine rings is 1. The Morgan fingerprint density at radius 3 is 2.59 bits per heavy atom. The molecule has 110 valence electrons. The molecule has 0 N–H and O–H groups in total. The van der Waals surface area contributed by atoms with Crippen molar-refractivity contribution < 1.29 is 4.39 Å². The van der Waals surface area contributed by atoms with Gasteiger partial charge in [0.25, 0.3) is 5.56 Å². The molecule has 0 atom stereocenters. The first kappa shape index (κ1) is 13.1. The van der Waals surface area contributed by atoms with Crippen molar-refractivity contribution in [1.29, 1.82) is 0 Å². The fourth-order valence-corrected chi connectivity index (χ4v) is 2.69. The number of benzene rings is 1. The average molecular weight is 295 g/mol. The molecule has 1 aliphatic carbocycles. The summed E-state index contributed by atoms with van der Waals surface area (Å²) in [4.78, 5) is 21.7. The average Bonchev–Trinajstić information content (AvgIpc) is 3.33. The first-order chi connectivity index (χ1) is 10.6. The molecule has 5 heteroatoms. The van der Waals surface area contributed by atoms with Gasteiger partial charge in [-0.25, -0.2) is 14.4 Å². The number of rotatable bonds is 2. The lowest BCUT2D eigenvalue weighted by Crippen LogP contribution is -2.23. The third kappa shape index (κ3) is 2.01. The number of halogens is 1. The minimum absolute atomic E-state index is 0.153. The van der Waals surface area contributed by atoms with E-state index in [0.717, 1.165) is 23.9 Å². The standard InChI is InChI=1S/C17H14FN3O/c1-10-8-9-19-16-14(10)20-15(11-2-4-12(18)5-3-11)17(22)21(16)13-6-7-13/h2-5,8-9,13H,6-7H2,1H3.